The molecule has 1 aromatic heterocycles. The van der Waals surface area contributed by atoms with Gasteiger partial charge in [-0.25, -0.2) is 23.9 Å². The highest BCUT2D eigenvalue weighted by Crippen LogP contribution is 2.24. The van der Waals surface area contributed by atoms with Crippen molar-refractivity contribution >= 4 is 49.4 Å². The second kappa shape index (κ2) is 9.38. The molecule has 0 spiro atoms. The number of aromatic nitrogens is 2. The van der Waals surface area contributed by atoms with Gasteiger partial charge in [-0.2, -0.15) is 8.42 Å². The number of nitrogens with one attached hydrogen (secondary N) is 2. The predicted molar refractivity (Wildman–Crippen MR) is 96.0 cm³/mol. The highest BCUT2D eigenvalue weighted by atomic mass is 79.9. The third kappa shape index (κ3) is 6.30. The van der Waals surface area contributed by atoms with Crippen LogP contribution in [0.25, 0.3) is 0 Å². The lowest BCUT2D eigenvalue weighted by atomic mass is 10.3. The summed E-state index contributed by atoms with van der Waals surface area (Å²) in [5.41, 5.74) is 2.41. The fraction of sp³-hybridized carbons (Fsp3) is 0.250. The number of hydrogen-bond acceptors (Lipinski definition) is 8. The largest absolute Gasteiger partial charge is 0.290 e. The molecular weight excluding hydrogens is 455 g/mol. The van der Waals surface area contributed by atoms with E-state index < -0.39 is 16.0 Å². The number of aliphatic imine (C=N–C) groups is 1. The van der Waals surface area contributed by atoms with Crippen molar-refractivity contribution in [2.45, 2.75) is 11.4 Å². The fourth-order valence-electron chi connectivity index (χ4n) is 1.69. The molecule has 0 amide bonds. The van der Waals surface area contributed by atoms with Crippen molar-refractivity contribution < 1.29 is 22.6 Å². The zero-order chi connectivity index (χ0) is 19.2. The van der Waals surface area contributed by atoms with E-state index in [0.717, 1.165) is 0 Å². The first kappa shape index (κ1) is 20.7. The maximum Gasteiger partial charge on any atom is 0.274 e. The Hall–Kier alpha value is -1.58. The van der Waals surface area contributed by atoms with Gasteiger partial charge < -0.3 is 0 Å². The maximum atomic E-state index is 13.3. The van der Waals surface area contributed by atoms with E-state index in [-0.39, 0.29) is 22.5 Å². The molecule has 26 heavy (non-hydrogen) atoms. The Kier molecular flexibility index (Phi) is 7.48. The third-order valence-corrected chi connectivity index (χ3v) is 5.04. The molecule has 1 heterocycles. The summed E-state index contributed by atoms with van der Waals surface area (Å²) in [7, 11) is -3.72. The SMILES string of the molecule is NS(=O)(=O)NCCCSc1nonc1C(=Nc1ccc(F)c(Br)c1)NO. The van der Waals surface area contributed by atoms with Crippen LogP contribution in [-0.4, -0.2) is 42.1 Å². The molecule has 2 aromatic rings. The van der Waals surface area contributed by atoms with Gasteiger partial charge in [0.15, 0.2) is 16.6 Å². The number of hydrogen-bond donors (Lipinski definition) is 4. The van der Waals surface area contributed by atoms with Crippen LogP contribution in [0, 0.1) is 5.82 Å². The zero-order valence-corrected chi connectivity index (χ0v) is 16.2. The molecule has 0 bridgehead atoms. The van der Waals surface area contributed by atoms with Gasteiger partial charge in [-0.05, 0) is 50.9 Å². The minimum Gasteiger partial charge on any atom is -0.290 e. The van der Waals surface area contributed by atoms with E-state index in [2.05, 4.69) is 40.6 Å². The number of nitrogens with two attached hydrogens (primary N) is 1. The highest BCUT2D eigenvalue weighted by Gasteiger charge is 2.17. The van der Waals surface area contributed by atoms with Gasteiger partial charge in [-0.15, -0.1) is 11.8 Å². The minimum absolute atomic E-state index is 0.0464. The standard InChI is InChI=1S/C12H14BrFN6O4S2/c13-8-6-7(2-3-9(8)14)17-11(18-21)10-12(20-24-19-10)25-5-1-4-16-26(15,22)23/h2-3,6,16,21H,1,4-5H2,(H,17,18)(H2,15,22,23). The van der Waals surface area contributed by atoms with Crippen molar-refractivity contribution in [3.05, 3.63) is 34.2 Å². The van der Waals surface area contributed by atoms with Crippen molar-refractivity contribution in [2.75, 3.05) is 12.3 Å². The summed E-state index contributed by atoms with van der Waals surface area (Å²) in [6, 6.07) is 4.05. The van der Waals surface area contributed by atoms with Crippen LogP contribution < -0.4 is 15.3 Å². The van der Waals surface area contributed by atoms with Crippen molar-refractivity contribution in [3.63, 3.8) is 0 Å². The molecule has 0 saturated heterocycles. The fourth-order valence-corrected chi connectivity index (χ4v) is 3.32. The van der Waals surface area contributed by atoms with Gasteiger partial charge in [0.05, 0.1) is 10.2 Å². The van der Waals surface area contributed by atoms with Crippen LogP contribution in [0.4, 0.5) is 10.1 Å². The van der Waals surface area contributed by atoms with Crippen molar-refractivity contribution in [3.8, 4) is 0 Å². The van der Waals surface area contributed by atoms with E-state index >= 15 is 0 Å². The number of halogens is 2. The Bertz CT molecular complexity index is 892. The molecule has 2 rings (SSSR count). The Balaban J connectivity index is 2.06. The van der Waals surface area contributed by atoms with E-state index in [0.29, 0.717) is 22.9 Å². The Morgan fingerprint density at radius 2 is 2.23 bits per heavy atom. The molecule has 10 nitrogen and oxygen atoms in total. The number of thioether (sulfide) groups is 1. The minimum atomic E-state index is -3.72. The lowest BCUT2D eigenvalue weighted by Gasteiger charge is -2.04. The van der Waals surface area contributed by atoms with Crippen LogP contribution in [0.5, 0.6) is 0 Å². The molecule has 5 N–H and O–H groups in total. The van der Waals surface area contributed by atoms with Crippen molar-refractivity contribution in [1.29, 1.82) is 0 Å². The third-order valence-electron chi connectivity index (χ3n) is 2.80. The lowest BCUT2D eigenvalue weighted by molar-refractivity contribution is 0.234. The van der Waals surface area contributed by atoms with Crippen LogP contribution in [0.1, 0.15) is 12.1 Å². The average molecular weight is 469 g/mol. The van der Waals surface area contributed by atoms with E-state index in [9.17, 15) is 18.0 Å². The second-order valence-corrected chi connectivity index (χ2v) is 8.05. The average Bonchev–Trinajstić information content (AvgIpc) is 3.03. The van der Waals surface area contributed by atoms with Crippen LogP contribution in [0.2, 0.25) is 0 Å². The summed E-state index contributed by atoms with van der Waals surface area (Å²) >= 11 is 4.27. The van der Waals surface area contributed by atoms with Crippen LogP contribution in [0.15, 0.2) is 37.3 Å². The number of hydroxylamine groups is 1. The molecule has 14 heteroatoms. The van der Waals surface area contributed by atoms with Gasteiger partial charge in [0.25, 0.3) is 10.2 Å². The molecule has 1 aromatic carbocycles. The molecule has 0 radical (unpaired) electrons. The molecule has 0 unspecified atom stereocenters. The molecule has 142 valence electrons. The van der Waals surface area contributed by atoms with Crippen molar-refractivity contribution in [2.24, 2.45) is 10.1 Å². The normalized spacial score (nSPS) is 12.4. The van der Waals surface area contributed by atoms with Gasteiger partial charge in [-0.3, -0.25) is 10.7 Å². The molecule has 0 saturated carbocycles. The van der Waals surface area contributed by atoms with E-state index in [1.807, 2.05) is 5.48 Å². The van der Waals surface area contributed by atoms with E-state index in [1.165, 1.54) is 30.0 Å². The molecule has 0 aliphatic rings. The lowest BCUT2D eigenvalue weighted by Crippen LogP contribution is -2.31. The summed E-state index contributed by atoms with van der Waals surface area (Å²) in [5.74, 6) is -0.0188. The Morgan fingerprint density at radius 1 is 1.46 bits per heavy atom. The molecule has 0 fully saturated rings. The maximum absolute atomic E-state index is 13.3. The van der Waals surface area contributed by atoms with Crippen LogP contribution >= 0.6 is 27.7 Å². The summed E-state index contributed by atoms with van der Waals surface area (Å²) in [5, 5.41) is 21.9. The van der Waals surface area contributed by atoms with E-state index in [4.69, 9.17) is 5.14 Å². The smallest absolute Gasteiger partial charge is 0.274 e. The summed E-state index contributed by atoms with van der Waals surface area (Å²) in [4.78, 5) is 4.13. The van der Waals surface area contributed by atoms with E-state index in [1.54, 1.807) is 0 Å². The molecular formula is C12H14BrFN6O4S2. The number of rotatable bonds is 8. The number of amidine groups is 1. The summed E-state index contributed by atoms with van der Waals surface area (Å²) < 4.78 is 41.9. The monoisotopic (exact) mass is 468 g/mol. The quantitative estimate of drug-likeness (QED) is 0.148. The predicted octanol–water partition coefficient (Wildman–Crippen LogP) is 1.30. The number of benzene rings is 1. The van der Waals surface area contributed by atoms with Gasteiger partial charge in [0, 0.05) is 12.3 Å². The van der Waals surface area contributed by atoms with Crippen LogP contribution in [-0.2, 0) is 10.2 Å². The topological polar surface area (TPSA) is 156 Å². The Labute approximate surface area is 160 Å². The van der Waals surface area contributed by atoms with Crippen molar-refractivity contribution in [1.82, 2.24) is 20.5 Å². The number of nitrogens with zero attached hydrogens (tertiary/aromatic N) is 3. The highest BCUT2D eigenvalue weighted by molar-refractivity contribution is 9.10. The van der Waals surface area contributed by atoms with Gasteiger partial charge in [-0.1, -0.05) is 0 Å². The zero-order valence-electron chi connectivity index (χ0n) is 13.0. The van der Waals surface area contributed by atoms with Gasteiger partial charge in [0.1, 0.15) is 5.82 Å². The first-order chi connectivity index (χ1) is 12.3. The summed E-state index contributed by atoms with van der Waals surface area (Å²) in [6.07, 6.45) is 0.470. The Morgan fingerprint density at radius 3 is 2.88 bits per heavy atom. The molecule has 0 atom stereocenters. The summed E-state index contributed by atoms with van der Waals surface area (Å²) in [6.45, 7) is 0.162. The first-order valence-corrected chi connectivity index (χ1v) is 10.3. The van der Waals surface area contributed by atoms with Crippen LogP contribution in [0.3, 0.4) is 0 Å². The molecule has 0 aliphatic heterocycles. The second-order valence-electron chi connectivity index (χ2n) is 4.73. The van der Waals surface area contributed by atoms with Gasteiger partial charge >= 0.3 is 0 Å². The first-order valence-electron chi connectivity index (χ1n) is 6.97. The van der Waals surface area contributed by atoms with Gasteiger partial charge in [0.2, 0.25) is 0 Å². The molecule has 0 aliphatic carbocycles.